The summed E-state index contributed by atoms with van der Waals surface area (Å²) in [6, 6.07) is 12.8. The van der Waals surface area contributed by atoms with Gasteiger partial charge in [0.2, 0.25) is 0 Å². The van der Waals surface area contributed by atoms with Gasteiger partial charge in [-0.1, -0.05) is 25.1 Å². The molecule has 2 saturated heterocycles. The van der Waals surface area contributed by atoms with Gasteiger partial charge in [0.05, 0.1) is 30.9 Å². The summed E-state index contributed by atoms with van der Waals surface area (Å²) in [4.78, 5) is 20.1. The Morgan fingerprint density at radius 1 is 1.15 bits per heavy atom. The molecule has 0 bridgehead atoms. The number of halogens is 1. The average Bonchev–Trinajstić information content (AvgIpc) is 3.26. The lowest BCUT2D eigenvalue weighted by Gasteiger charge is -2.48. The molecule has 176 valence electrons. The number of piperidine rings is 2. The molecule has 0 radical (unpaired) electrons. The Bertz CT molecular complexity index is 1230. The summed E-state index contributed by atoms with van der Waals surface area (Å²) in [7, 11) is 1.65. The summed E-state index contributed by atoms with van der Waals surface area (Å²) in [5.74, 6) is 1.09. The number of carbonyl (C=O) groups is 1. The molecule has 0 saturated carbocycles. The lowest BCUT2D eigenvalue weighted by atomic mass is 9.79. The van der Waals surface area contributed by atoms with Crippen LogP contribution in [-0.4, -0.2) is 33.5 Å². The first-order valence-electron chi connectivity index (χ1n) is 11.9. The van der Waals surface area contributed by atoms with E-state index in [1.165, 1.54) is 12.1 Å². The molecule has 0 spiro atoms. The molecular formula is C28H30FN3O2. The largest absolute Gasteiger partial charge is 0.495 e. The first kappa shape index (κ1) is 22.4. The third-order valence-electron chi connectivity index (χ3n) is 7.07. The second-order valence-corrected chi connectivity index (χ2v) is 9.57. The monoisotopic (exact) mass is 459 g/mol. The minimum atomic E-state index is -0.252. The summed E-state index contributed by atoms with van der Waals surface area (Å²) in [5, 5.41) is 0. The number of hydrogen-bond acceptors (Lipinski definition) is 3. The molecule has 2 aliphatic rings. The highest BCUT2D eigenvalue weighted by Gasteiger charge is 2.41. The number of nitrogens with zero attached hydrogens (tertiary/aromatic N) is 3. The Balaban J connectivity index is 1.45. The molecular weight excluding hydrogens is 429 g/mol. The molecule has 5 rings (SSSR count). The van der Waals surface area contributed by atoms with Crippen LogP contribution in [0, 0.1) is 18.7 Å². The fourth-order valence-corrected chi connectivity index (χ4v) is 5.45. The maximum Gasteiger partial charge on any atom is 0.250 e. The zero-order chi connectivity index (χ0) is 23.8. The van der Waals surface area contributed by atoms with Gasteiger partial charge in [0.15, 0.2) is 0 Å². The van der Waals surface area contributed by atoms with Crippen molar-refractivity contribution < 1.29 is 13.9 Å². The highest BCUT2D eigenvalue weighted by molar-refractivity contribution is 5.99. The number of aromatic nitrogens is 2. The van der Waals surface area contributed by atoms with Crippen LogP contribution in [0.15, 0.2) is 60.6 Å². The summed E-state index contributed by atoms with van der Waals surface area (Å²) in [6.07, 6.45) is 9.33. The molecule has 1 aromatic heterocycles. The number of imidazole rings is 1. The van der Waals surface area contributed by atoms with E-state index in [4.69, 9.17) is 4.74 Å². The molecule has 2 aromatic carbocycles. The number of benzene rings is 2. The lowest BCUT2D eigenvalue weighted by molar-refractivity contribution is -0.137. The zero-order valence-corrected chi connectivity index (χ0v) is 19.9. The number of methoxy groups -OCH3 is 1. The molecule has 3 aromatic rings. The van der Waals surface area contributed by atoms with E-state index >= 15 is 0 Å². The quantitative estimate of drug-likeness (QED) is 0.458. The molecule has 1 amide bonds. The number of aryl methyl sites for hydroxylation is 1. The van der Waals surface area contributed by atoms with Crippen LogP contribution in [0.25, 0.3) is 11.8 Å². The highest BCUT2D eigenvalue weighted by atomic mass is 19.1. The number of hydrogen-bond donors (Lipinski definition) is 0. The van der Waals surface area contributed by atoms with Crippen molar-refractivity contribution in [2.75, 3.05) is 7.11 Å². The van der Waals surface area contributed by atoms with Gasteiger partial charge in [-0.05, 0) is 80.0 Å². The first-order valence-corrected chi connectivity index (χ1v) is 11.9. The topological polar surface area (TPSA) is 47.4 Å². The van der Waals surface area contributed by atoms with Crippen molar-refractivity contribution >= 4 is 12.0 Å². The van der Waals surface area contributed by atoms with Crippen molar-refractivity contribution in [1.82, 2.24) is 14.5 Å². The van der Waals surface area contributed by atoms with Crippen LogP contribution in [-0.2, 0) is 4.79 Å². The van der Waals surface area contributed by atoms with Gasteiger partial charge in [0, 0.05) is 17.8 Å². The molecule has 2 fully saturated rings. The van der Waals surface area contributed by atoms with Gasteiger partial charge in [-0.2, -0.15) is 0 Å². The second kappa shape index (κ2) is 9.09. The number of amides is 1. The van der Waals surface area contributed by atoms with E-state index in [0.29, 0.717) is 5.92 Å². The van der Waals surface area contributed by atoms with Crippen LogP contribution < -0.4 is 4.74 Å². The molecule has 2 aliphatic heterocycles. The average molecular weight is 460 g/mol. The van der Waals surface area contributed by atoms with Crippen molar-refractivity contribution in [3.05, 3.63) is 83.2 Å². The molecule has 3 heterocycles. The molecule has 34 heavy (non-hydrogen) atoms. The third kappa shape index (κ3) is 4.25. The first-order chi connectivity index (χ1) is 16.4. The van der Waals surface area contributed by atoms with E-state index in [-0.39, 0.29) is 23.8 Å². The highest BCUT2D eigenvalue weighted by Crippen LogP contribution is 2.43. The van der Waals surface area contributed by atoms with Gasteiger partial charge < -0.3 is 14.2 Å². The SMILES string of the molecule is COc1cc(C=C2CC[C@@H]3C[C@@H](C)C[C@@H](c4ccc(F)cc4)N3C2=O)ccc1-n1cnc(C)c1. The van der Waals surface area contributed by atoms with Crippen molar-refractivity contribution in [3.63, 3.8) is 0 Å². The van der Waals surface area contributed by atoms with E-state index in [2.05, 4.69) is 16.8 Å². The molecule has 0 unspecified atom stereocenters. The Morgan fingerprint density at radius 3 is 2.65 bits per heavy atom. The molecule has 3 atom stereocenters. The van der Waals surface area contributed by atoms with E-state index in [9.17, 15) is 9.18 Å². The van der Waals surface area contributed by atoms with E-state index in [0.717, 1.165) is 59.5 Å². The van der Waals surface area contributed by atoms with E-state index in [1.54, 1.807) is 13.4 Å². The summed E-state index contributed by atoms with van der Waals surface area (Å²) < 4.78 is 21.1. The van der Waals surface area contributed by atoms with Gasteiger partial charge in [-0.25, -0.2) is 9.37 Å². The molecule has 5 nitrogen and oxygen atoms in total. The summed E-state index contributed by atoms with van der Waals surface area (Å²) in [6.45, 7) is 4.20. The molecule has 6 heteroatoms. The van der Waals surface area contributed by atoms with Crippen LogP contribution in [0.1, 0.15) is 55.5 Å². The van der Waals surface area contributed by atoms with Crippen molar-refractivity contribution in [2.45, 2.75) is 51.6 Å². The van der Waals surface area contributed by atoms with Crippen molar-refractivity contribution in [3.8, 4) is 11.4 Å². The molecule has 0 N–H and O–H groups in total. The van der Waals surface area contributed by atoms with Crippen molar-refractivity contribution in [1.29, 1.82) is 0 Å². The minimum Gasteiger partial charge on any atom is -0.495 e. The van der Waals surface area contributed by atoms with Gasteiger partial charge in [-0.3, -0.25) is 4.79 Å². The number of ether oxygens (including phenoxy) is 1. The van der Waals surface area contributed by atoms with Crippen LogP contribution in [0.3, 0.4) is 0 Å². The number of carbonyl (C=O) groups excluding carboxylic acids is 1. The maximum absolute atomic E-state index is 13.7. The Kier molecular flexibility index (Phi) is 5.98. The molecule has 0 aliphatic carbocycles. The maximum atomic E-state index is 13.7. The Hall–Kier alpha value is -3.41. The van der Waals surface area contributed by atoms with Crippen molar-refractivity contribution in [2.24, 2.45) is 5.92 Å². The summed E-state index contributed by atoms with van der Waals surface area (Å²) >= 11 is 0. The minimum absolute atomic E-state index is 0.0213. The van der Waals surface area contributed by atoms with E-state index < -0.39 is 0 Å². The van der Waals surface area contributed by atoms with E-state index in [1.807, 2.05) is 54.1 Å². The van der Waals surface area contributed by atoms with Gasteiger partial charge >= 0.3 is 0 Å². The third-order valence-corrected chi connectivity index (χ3v) is 7.07. The summed E-state index contributed by atoms with van der Waals surface area (Å²) in [5.41, 5.74) is 4.59. The lowest BCUT2D eigenvalue weighted by Crippen LogP contribution is -2.50. The Morgan fingerprint density at radius 2 is 1.94 bits per heavy atom. The zero-order valence-electron chi connectivity index (χ0n) is 19.9. The predicted octanol–water partition coefficient (Wildman–Crippen LogP) is 5.87. The second-order valence-electron chi connectivity index (χ2n) is 9.57. The number of rotatable bonds is 4. The van der Waals surface area contributed by atoms with Gasteiger partial charge in [0.1, 0.15) is 11.6 Å². The Labute approximate surface area is 199 Å². The smallest absolute Gasteiger partial charge is 0.250 e. The fourth-order valence-electron chi connectivity index (χ4n) is 5.45. The van der Waals surface area contributed by atoms with Crippen LogP contribution >= 0.6 is 0 Å². The van der Waals surface area contributed by atoms with Gasteiger partial charge in [-0.15, -0.1) is 0 Å². The number of fused-ring (bicyclic) bond motifs is 1. The standard InChI is InChI=1S/C28H30FN3O2/c1-18-12-24-10-7-22(28(33)32(24)26(13-18)21-5-8-23(29)9-6-21)14-20-4-11-25(27(15-20)34-3)31-16-19(2)30-17-31/h4-6,8-9,11,14-18,24,26H,7,10,12-13H2,1-3H3/t18-,24-,26+/m1/s1. The normalized spacial score (nSPS) is 23.8. The van der Waals surface area contributed by atoms with Crippen LogP contribution in [0.4, 0.5) is 4.39 Å². The fraction of sp³-hybridized carbons (Fsp3) is 0.357. The predicted molar refractivity (Wildman–Crippen MR) is 130 cm³/mol. The van der Waals surface area contributed by atoms with Gasteiger partial charge in [0.25, 0.3) is 5.91 Å². The van der Waals surface area contributed by atoms with Crippen LogP contribution in [0.2, 0.25) is 0 Å². The van der Waals surface area contributed by atoms with Crippen LogP contribution in [0.5, 0.6) is 5.75 Å².